The molecule has 5 nitrogen and oxygen atoms in total. The van der Waals surface area contributed by atoms with E-state index < -0.39 is 0 Å². The van der Waals surface area contributed by atoms with E-state index in [1.54, 1.807) is 7.11 Å². The summed E-state index contributed by atoms with van der Waals surface area (Å²) in [6, 6.07) is 9.45. The van der Waals surface area contributed by atoms with Gasteiger partial charge in [0, 0.05) is 25.6 Å². The molecule has 1 amide bonds. The number of anilines is 1. The number of carbonyl (C=O) groups excluding carboxylic acids is 1. The molecule has 1 heterocycles. The lowest BCUT2D eigenvalue weighted by Crippen LogP contribution is -2.27. The van der Waals surface area contributed by atoms with Gasteiger partial charge in [0.1, 0.15) is 0 Å². The molecule has 3 N–H and O–H groups in total. The van der Waals surface area contributed by atoms with Crippen LogP contribution in [0.25, 0.3) is 10.9 Å². The zero-order chi connectivity index (χ0) is 14.4. The van der Waals surface area contributed by atoms with Crippen molar-refractivity contribution in [1.82, 2.24) is 10.3 Å². The molecule has 2 rings (SSSR count). The van der Waals surface area contributed by atoms with Gasteiger partial charge in [-0.05, 0) is 18.6 Å². The Kier molecular flexibility index (Phi) is 4.90. The van der Waals surface area contributed by atoms with Crippen LogP contribution in [0, 0.1) is 0 Å². The Labute approximate surface area is 118 Å². The van der Waals surface area contributed by atoms with Crippen LogP contribution in [0.5, 0.6) is 0 Å². The first-order valence-electron chi connectivity index (χ1n) is 6.60. The summed E-state index contributed by atoms with van der Waals surface area (Å²) in [5.74, 6) is -0.0394. The minimum Gasteiger partial charge on any atom is -0.397 e. The molecule has 20 heavy (non-hydrogen) atoms. The zero-order valence-corrected chi connectivity index (χ0v) is 11.6. The average molecular weight is 273 g/mol. The molecule has 106 valence electrons. The maximum atomic E-state index is 11.8. The smallest absolute Gasteiger partial charge is 0.226 e. The second-order valence-corrected chi connectivity index (χ2v) is 4.59. The lowest BCUT2D eigenvalue weighted by Gasteiger charge is -2.06. The van der Waals surface area contributed by atoms with Crippen LogP contribution in [0.15, 0.2) is 30.3 Å². The molecule has 5 heteroatoms. The number of nitrogens with one attached hydrogen (secondary N) is 1. The number of nitrogens with zero attached hydrogens (tertiary/aromatic N) is 1. The molecular formula is C15H19N3O2. The van der Waals surface area contributed by atoms with E-state index in [-0.39, 0.29) is 12.3 Å². The number of hydrogen-bond acceptors (Lipinski definition) is 4. The Morgan fingerprint density at radius 1 is 1.35 bits per heavy atom. The Hall–Kier alpha value is -2.14. The van der Waals surface area contributed by atoms with Crippen molar-refractivity contribution in [2.45, 2.75) is 12.8 Å². The van der Waals surface area contributed by atoms with E-state index in [4.69, 9.17) is 10.5 Å². The quantitative estimate of drug-likeness (QED) is 0.618. The molecule has 0 radical (unpaired) electrons. The highest BCUT2D eigenvalue weighted by molar-refractivity contribution is 5.89. The molecule has 0 saturated heterocycles. The lowest BCUT2D eigenvalue weighted by atomic mass is 10.1. The van der Waals surface area contributed by atoms with Crippen molar-refractivity contribution in [3.05, 3.63) is 36.0 Å². The molecule has 0 saturated carbocycles. The first kappa shape index (κ1) is 14.3. The number of pyridine rings is 1. The number of nitrogen functional groups attached to an aromatic ring is 1. The summed E-state index contributed by atoms with van der Waals surface area (Å²) in [6.45, 7) is 1.26. The fraction of sp³-hybridized carbons (Fsp3) is 0.333. The molecule has 0 bridgehead atoms. The van der Waals surface area contributed by atoms with E-state index in [0.717, 1.165) is 23.0 Å². The van der Waals surface area contributed by atoms with E-state index in [0.29, 0.717) is 18.8 Å². The molecule has 0 aliphatic rings. The van der Waals surface area contributed by atoms with Crippen LogP contribution in [0.4, 0.5) is 5.69 Å². The highest BCUT2D eigenvalue weighted by Crippen LogP contribution is 2.18. The van der Waals surface area contributed by atoms with Gasteiger partial charge in [0.05, 0.1) is 23.3 Å². The minimum atomic E-state index is -0.0394. The van der Waals surface area contributed by atoms with Gasteiger partial charge in [-0.2, -0.15) is 0 Å². The predicted octanol–water partition coefficient (Wildman–Crippen LogP) is 1.51. The van der Waals surface area contributed by atoms with Crippen LogP contribution < -0.4 is 11.1 Å². The van der Waals surface area contributed by atoms with Gasteiger partial charge in [0.2, 0.25) is 5.91 Å². The number of nitrogens with two attached hydrogens (primary N) is 1. The van der Waals surface area contributed by atoms with E-state index in [2.05, 4.69) is 10.3 Å². The van der Waals surface area contributed by atoms with Crippen molar-refractivity contribution in [1.29, 1.82) is 0 Å². The van der Waals surface area contributed by atoms with Crippen molar-refractivity contribution in [3.63, 3.8) is 0 Å². The van der Waals surface area contributed by atoms with Crippen molar-refractivity contribution >= 4 is 22.5 Å². The first-order chi connectivity index (χ1) is 9.70. The molecular weight excluding hydrogens is 254 g/mol. The van der Waals surface area contributed by atoms with Gasteiger partial charge in [0.15, 0.2) is 0 Å². The fourth-order valence-corrected chi connectivity index (χ4v) is 1.98. The SMILES string of the molecule is COCCCNC(=O)Cc1ccc2cccc(N)c2n1. The molecule has 0 unspecified atom stereocenters. The fourth-order valence-electron chi connectivity index (χ4n) is 1.98. The third-order valence-corrected chi connectivity index (χ3v) is 3.00. The summed E-state index contributed by atoms with van der Waals surface area (Å²) in [4.78, 5) is 16.2. The second-order valence-electron chi connectivity index (χ2n) is 4.59. The highest BCUT2D eigenvalue weighted by Gasteiger charge is 2.06. The molecule has 0 spiro atoms. The number of aromatic nitrogens is 1. The normalized spacial score (nSPS) is 10.7. The Bertz CT molecular complexity index is 599. The molecule has 1 aromatic heterocycles. The van der Waals surface area contributed by atoms with E-state index in [1.807, 2.05) is 30.3 Å². The van der Waals surface area contributed by atoms with Crippen LogP contribution in [-0.4, -0.2) is 31.2 Å². The molecule has 0 aliphatic heterocycles. The lowest BCUT2D eigenvalue weighted by molar-refractivity contribution is -0.120. The number of fused-ring (bicyclic) bond motifs is 1. The molecule has 2 aromatic rings. The largest absolute Gasteiger partial charge is 0.397 e. The maximum Gasteiger partial charge on any atom is 0.226 e. The zero-order valence-electron chi connectivity index (χ0n) is 11.6. The number of para-hydroxylation sites is 1. The van der Waals surface area contributed by atoms with Gasteiger partial charge in [-0.1, -0.05) is 18.2 Å². The van der Waals surface area contributed by atoms with E-state index in [9.17, 15) is 4.79 Å². The topological polar surface area (TPSA) is 77.2 Å². The highest BCUT2D eigenvalue weighted by atomic mass is 16.5. The van der Waals surface area contributed by atoms with Gasteiger partial charge in [-0.25, -0.2) is 0 Å². The number of methoxy groups -OCH3 is 1. The van der Waals surface area contributed by atoms with Gasteiger partial charge < -0.3 is 15.8 Å². The average Bonchev–Trinajstić information content (AvgIpc) is 2.45. The monoisotopic (exact) mass is 273 g/mol. The third kappa shape index (κ3) is 3.68. The van der Waals surface area contributed by atoms with Gasteiger partial charge in [-0.3, -0.25) is 9.78 Å². The standard InChI is InChI=1S/C15H19N3O2/c1-20-9-3-8-17-14(19)10-12-7-6-11-4-2-5-13(16)15(11)18-12/h2,4-7H,3,8-10,16H2,1H3,(H,17,19). The molecule has 0 fully saturated rings. The molecule has 1 aromatic carbocycles. The van der Waals surface area contributed by atoms with Crippen molar-refractivity contribution in [3.8, 4) is 0 Å². The van der Waals surface area contributed by atoms with E-state index >= 15 is 0 Å². The summed E-state index contributed by atoms with van der Waals surface area (Å²) in [5.41, 5.74) is 7.99. The Morgan fingerprint density at radius 2 is 2.20 bits per heavy atom. The van der Waals surface area contributed by atoms with Crippen molar-refractivity contribution in [2.24, 2.45) is 0 Å². The summed E-state index contributed by atoms with van der Waals surface area (Å²) < 4.78 is 4.93. The summed E-state index contributed by atoms with van der Waals surface area (Å²) >= 11 is 0. The summed E-state index contributed by atoms with van der Waals surface area (Å²) in [7, 11) is 1.64. The minimum absolute atomic E-state index is 0.0394. The molecule has 0 aliphatic carbocycles. The number of hydrogen-bond donors (Lipinski definition) is 2. The summed E-state index contributed by atoms with van der Waals surface area (Å²) in [5, 5.41) is 3.82. The number of rotatable bonds is 6. The third-order valence-electron chi connectivity index (χ3n) is 3.00. The predicted molar refractivity (Wildman–Crippen MR) is 79.4 cm³/mol. The van der Waals surface area contributed by atoms with Gasteiger partial charge in [0.25, 0.3) is 0 Å². The van der Waals surface area contributed by atoms with Crippen LogP contribution in [0.2, 0.25) is 0 Å². The number of benzene rings is 1. The Balaban J connectivity index is 1.99. The second kappa shape index (κ2) is 6.86. The Morgan fingerprint density at radius 3 is 3.00 bits per heavy atom. The van der Waals surface area contributed by atoms with Gasteiger partial charge >= 0.3 is 0 Å². The van der Waals surface area contributed by atoms with Crippen LogP contribution >= 0.6 is 0 Å². The van der Waals surface area contributed by atoms with Crippen LogP contribution in [0.3, 0.4) is 0 Å². The van der Waals surface area contributed by atoms with Crippen molar-refractivity contribution in [2.75, 3.05) is 26.0 Å². The van der Waals surface area contributed by atoms with Crippen LogP contribution in [0.1, 0.15) is 12.1 Å². The van der Waals surface area contributed by atoms with Crippen LogP contribution in [-0.2, 0) is 16.0 Å². The van der Waals surface area contributed by atoms with E-state index in [1.165, 1.54) is 0 Å². The number of carbonyl (C=O) groups is 1. The van der Waals surface area contributed by atoms with Gasteiger partial charge in [-0.15, -0.1) is 0 Å². The van der Waals surface area contributed by atoms with Crippen molar-refractivity contribution < 1.29 is 9.53 Å². The number of ether oxygens (including phenoxy) is 1. The summed E-state index contributed by atoms with van der Waals surface area (Å²) in [6.07, 6.45) is 1.07. The first-order valence-corrected chi connectivity index (χ1v) is 6.60. The maximum absolute atomic E-state index is 11.8. The molecule has 0 atom stereocenters. The number of amides is 1.